The number of fused-ring (bicyclic) bond motifs is 6. The van der Waals surface area contributed by atoms with Gasteiger partial charge in [-0.1, -0.05) is 17.7 Å². The maximum atomic E-state index is 11.9. The Morgan fingerprint density at radius 2 is 2.11 bits per heavy atom. The summed E-state index contributed by atoms with van der Waals surface area (Å²) in [5.74, 6) is 2.21. The number of nitrogens with zero attached hydrogens (tertiary/aromatic N) is 1. The summed E-state index contributed by atoms with van der Waals surface area (Å²) in [7, 11) is 0. The summed E-state index contributed by atoms with van der Waals surface area (Å²) < 4.78 is 5.90. The van der Waals surface area contributed by atoms with Crippen molar-refractivity contribution in [2.45, 2.75) is 57.5 Å². The van der Waals surface area contributed by atoms with Crippen molar-refractivity contribution < 1.29 is 19.8 Å². The lowest BCUT2D eigenvalue weighted by Crippen LogP contribution is -2.53. The van der Waals surface area contributed by atoms with Crippen molar-refractivity contribution in [2.24, 2.45) is 40.2 Å². The van der Waals surface area contributed by atoms with Crippen LogP contribution < -0.4 is 0 Å². The number of hydrogen-bond acceptors (Lipinski definition) is 5. The molecule has 4 aliphatic carbocycles. The molecule has 1 aliphatic heterocycles. The zero-order valence-electron chi connectivity index (χ0n) is 15.9. The smallest absolute Gasteiger partial charge is 0.331 e. The summed E-state index contributed by atoms with van der Waals surface area (Å²) in [5, 5.41) is 22.7. The van der Waals surface area contributed by atoms with Crippen LogP contribution in [-0.4, -0.2) is 34.2 Å². The van der Waals surface area contributed by atoms with Gasteiger partial charge in [-0.15, -0.1) is 0 Å². The Kier molecular flexibility index (Phi) is 3.84. The van der Waals surface area contributed by atoms with E-state index in [1.54, 1.807) is 6.08 Å². The Morgan fingerprint density at radius 1 is 1.26 bits per heavy atom. The van der Waals surface area contributed by atoms with Crippen molar-refractivity contribution in [1.29, 1.82) is 0 Å². The van der Waals surface area contributed by atoms with Gasteiger partial charge in [0.25, 0.3) is 0 Å². The molecule has 3 saturated carbocycles. The molecule has 3 fully saturated rings. The zero-order valence-corrected chi connectivity index (χ0v) is 15.9. The van der Waals surface area contributed by atoms with Crippen LogP contribution in [0.1, 0.15) is 51.9 Å². The number of carbonyl (C=O) groups is 1. The van der Waals surface area contributed by atoms with Gasteiger partial charge in [-0.2, -0.15) is 0 Å². The van der Waals surface area contributed by atoms with Crippen molar-refractivity contribution in [3.8, 4) is 0 Å². The lowest BCUT2D eigenvalue weighted by atomic mass is 9.49. The van der Waals surface area contributed by atoms with E-state index in [1.165, 1.54) is 5.57 Å². The molecule has 0 radical (unpaired) electrons. The van der Waals surface area contributed by atoms with Gasteiger partial charge in [-0.25, -0.2) is 4.79 Å². The first-order valence-corrected chi connectivity index (χ1v) is 10.5. The van der Waals surface area contributed by atoms with Gasteiger partial charge in [0, 0.05) is 24.0 Å². The fraction of sp³-hybridized carbons (Fsp3) is 0.727. The fourth-order valence-electron chi connectivity index (χ4n) is 7.53. The van der Waals surface area contributed by atoms with E-state index in [0.717, 1.165) is 50.7 Å². The molecule has 5 heteroatoms. The summed E-state index contributed by atoms with van der Waals surface area (Å²) >= 11 is 0. The number of oxime groups is 1. The Morgan fingerprint density at radius 3 is 2.81 bits per heavy atom. The summed E-state index contributed by atoms with van der Waals surface area (Å²) in [6, 6.07) is 0. The highest BCUT2D eigenvalue weighted by Gasteiger charge is 2.65. The lowest BCUT2D eigenvalue weighted by Gasteiger charge is -2.56. The minimum Gasteiger partial charge on any atom is -0.451 e. The highest BCUT2D eigenvalue weighted by Crippen LogP contribution is 2.67. The van der Waals surface area contributed by atoms with E-state index >= 15 is 0 Å². The predicted molar refractivity (Wildman–Crippen MR) is 100 cm³/mol. The molecular formula is C22H29NO4. The summed E-state index contributed by atoms with van der Waals surface area (Å²) in [6.07, 6.45) is 12.8. The molecule has 5 aliphatic rings. The topological polar surface area (TPSA) is 79.1 Å². The highest BCUT2D eigenvalue weighted by atomic mass is 16.6. The van der Waals surface area contributed by atoms with Crippen LogP contribution in [0.25, 0.3) is 0 Å². The molecule has 0 amide bonds. The summed E-state index contributed by atoms with van der Waals surface area (Å²) in [5.41, 5.74) is 1.65. The van der Waals surface area contributed by atoms with Crippen LogP contribution in [0.4, 0.5) is 0 Å². The number of hydrogen-bond donors (Lipinski definition) is 2. The number of allylic oxidation sites excluding steroid dienone is 1. The third-order valence-electron chi connectivity index (χ3n) is 8.81. The quantitative estimate of drug-likeness (QED) is 0.420. The first kappa shape index (κ1) is 17.5. The Hall–Kier alpha value is -1.62. The number of ether oxygens (including phenoxy) is 1. The van der Waals surface area contributed by atoms with E-state index < -0.39 is 5.60 Å². The van der Waals surface area contributed by atoms with Crippen LogP contribution in [0.3, 0.4) is 0 Å². The van der Waals surface area contributed by atoms with E-state index in [0.29, 0.717) is 23.7 Å². The average Bonchev–Trinajstić information content (AvgIpc) is 3.21. The SMILES string of the molecule is C[C@]12CCC3C(C[C@H](CO)C4=C/C(=N/O)CC[C@@H]43)C1CC[C@@]21C=CC(=O)O1. The van der Waals surface area contributed by atoms with E-state index in [-0.39, 0.29) is 23.9 Å². The van der Waals surface area contributed by atoms with Crippen LogP contribution in [-0.2, 0) is 9.53 Å². The van der Waals surface area contributed by atoms with Gasteiger partial charge in [0.1, 0.15) is 5.60 Å². The molecule has 3 unspecified atom stereocenters. The van der Waals surface area contributed by atoms with E-state index in [9.17, 15) is 15.1 Å². The number of esters is 1. The molecule has 7 atom stereocenters. The van der Waals surface area contributed by atoms with Gasteiger partial charge in [0.05, 0.1) is 5.71 Å². The largest absolute Gasteiger partial charge is 0.451 e. The fourth-order valence-corrected chi connectivity index (χ4v) is 7.53. The third-order valence-corrected chi connectivity index (χ3v) is 8.81. The third kappa shape index (κ3) is 2.27. The van der Waals surface area contributed by atoms with Crippen LogP contribution in [0, 0.1) is 35.0 Å². The van der Waals surface area contributed by atoms with Crippen LogP contribution in [0.15, 0.2) is 29.0 Å². The molecule has 5 nitrogen and oxygen atoms in total. The molecule has 1 heterocycles. The molecule has 0 saturated heterocycles. The van der Waals surface area contributed by atoms with E-state index in [4.69, 9.17) is 4.74 Å². The first-order chi connectivity index (χ1) is 13.0. The van der Waals surface area contributed by atoms with Gasteiger partial charge in [0.2, 0.25) is 0 Å². The minimum atomic E-state index is -0.409. The second kappa shape index (κ2) is 5.94. The molecular weight excluding hydrogens is 342 g/mol. The number of rotatable bonds is 1. The van der Waals surface area contributed by atoms with Crippen molar-refractivity contribution in [3.63, 3.8) is 0 Å². The second-order valence-electron chi connectivity index (χ2n) is 9.57. The Balaban J connectivity index is 1.49. The molecule has 146 valence electrons. The van der Waals surface area contributed by atoms with Crippen molar-refractivity contribution in [2.75, 3.05) is 6.61 Å². The molecule has 27 heavy (non-hydrogen) atoms. The second-order valence-corrected chi connectivity index (χ2v) is 9.57. The predicted octanol–water partition coefficient (Wildman–Crippen LogP) is 3.46. The summed E-state index contributed by atoms with van der Waals surface area (Å²) in [4.78, 5) is 11.9. The van der Waals surface area contributed by atoms with E-state index in [1.807, 2.05) is 6.08 Å². The van der Waals surface area contributed by atoms with Gasteiger partial charge >= 0.3 is 5.97 Å². The molecule has 0 aromatic carbocycles. The molecule has 0 aromatic heterocycles. The van der Waals surface area contributed by atoms with Crippen molar-refractivity contribution >= 4 is 11.7 Å². The van der Waals surface area contributed by atoms with Gasteiger partial charge in [-0.05, 0) is 80.8 Å². The molecule has 1 spiro atoms. The zero-order chi connectivity index (χ0) is 18.8. The van der Waals surface area contributed by atoms with Crippen molar-refractivity contribution in [1.82, 2.24) is 0 Å². The Bertz CT molecular complexity index is 755. The lowest BCUT2D eigenvalue weighted by molar-refractivity contribution is -0.161. The van der Waals surface area contributed by atoms with Crippen LogP contribution in [0.2, 0.25) is 0 Å². The Labute approximate surface area is 160 Å². The van der Waals surface area contributed by atoms with Gasteiger partial charge in [-0.3, -0.25) is 0 Å². The average molecular weight is 371 g/mol. The first-order valence-electron chi connectivity index (χ1n) is 10.5. The molecule has 0 bridgehead atoms. The van der Waals surface area contributed by atoms with Crippen molar-refractivity contribution in [3.05, 3.63) is 23.8 Å². The minimum absolute atomic E-state index is 0.00440. The van der Waals surface area contributed by atoms with Crippen LogP contribution in [0.5, 0.6) is 0 Å². The summed E-state index contributed by atoms with van der Waals surface area (Å²) in [6.45, 7) is 2.49. The number of aliphatic hydroxyl groups excluding tert-OH is 1. The normalized spacial score (nSPS) is 49.6. The molecule has 0 aromatic rings. The number of carbonyl (C=O) groups excluding carboxylic acids is 1. The molecule has 2 N–H and O–H groups in total. The monoisotopic (exact) mass is 371 g/mol. The maximum absolute atomic E-state index is 11.9. The van der Waals surface area contributed by atoms with Gasteiger partial charge < -0.3 is 15.1 Å². The highest BCUT2D eigenvalue weighted by molar-refractivity contribution is 5.96. The number of aliphatic hydroxyl groups is 1. The van der Waals surface area contributed by atoms with Gasteiger partial charge in [0.15, 0.2) is 0 Å². The standard InChI is InChI=1S/C22H29NO4/c1-21-7-4-16-15-3-2-14(23-26)11-17(15)13(12-24)10-18(16)19(21)5-8-22(21)9-6-20(25)27-22/h6,9,11,13,15-16,18-19,24,26H,2-5,7-8,10,12H2,1H3/b23-14+/t13-,15-,16?,18?,19?,21+,22-/m1/s1. The van der Waals surface area contributed by atoms with Crippen LogP contribution >= 0.6 is 0 Å². The molecule has 5 rings (SSSR count). The maximum Gasteiger partial charge on any atom is 0.331 e. The van der Waals surface area contributed by atoms with E-state index in [2.05, 4.69) is 18.2 Å².